The normalized spacial score (nSPS) is 14.8. The Morgan fingerprint density at radius 3 is 2.14 bits per heavy atom. The maximum absolute atomic E-state index is 13.2. The second kappa shape index (κ2) is 11.8. The number of carbonyl (C=O) groups is 3. The van der Waals surface area contributed by atoms with Crippen LogP contribution in [0.2, 0.25) is 0 Å². The number of ether oxygens (including phenoxy) is 2. The van der Waals surface area contributed by atoms with E-state index in [4.69, 9.17) is 9.47 Å². The van der Waals surface area contributed by atoms with Gasteiger partial charge >= 0.3 is 12.1 Å². The molecule has 0 heterocycles. The van der Waals surface area contributed by atoms with Crippen LogP contribution in [0.4, 0.5) is 4.79 Å². The highest BCUT2D eigenvalue weighted by molar-refractivity contribution is 5.90. The molecule has 0 aliphatic heterocycles. The minimum Gasteiger partial charge on any atom is -0.481 e. The Morgan fingerprint density at radius 2 is 1.63 bits per heavy atom. The maximum atomic E-state index is 13.2. The predicted octanol–water partition coefficient (Wildman–Crippen LogP) is 4.08. The third-order valence-corrected chi connectivity index (χ3v) is 6.51. The van der Waals surface area contributed by atoms with Crippen LogP contribution in [0.3, 0.4) is 0 Å². The zero-order valence-electron chi connectivity index (χ0n) is 20.5. The first kappa shape index (κ1) is 26.2. The van der Waals surface area contributed by atoms with Crippen molar-refractivity contribution in [1.82, 2.24) is 10.6 Å². The van der Waals surface area contributed by atoms with Crippen LogP contribution in [0.1, 0.15) is 56.6 Å². The highest BCUT2D eigenvalue weighted by Crippen LogP contribution is 2.44. The number of amides is 2. The third kappa shape index (κ3) is 6.00. The number of aliphatic carboxylic acids is 1. The number of carbonyl (C=O) groups excluding carboxylic acids is 2. The van der Waals surface area contributed by atoms with E-state index < -0.39 is 29.6 Å². The van der Waals surface area contributed by atoms with Gasteiger partial charge in [-0.25, -0.2) is 4.79 Å². The lowest BCUT2D eigenvalue weighted by Gasteiger charge is -2.33. The zero-order chi connectivity index (χ0) is 25.4. The lowest BCUT2D eigenvalue weighted by Crippen LogP contribution is -2.62. The second-order valence-electron chi connectivity index (χ2n) is 8.88. The van der Waals surface area contributed by atoms with Crippen molar-refractivity contribution in [1.29, 1.82) is 0 Å². The number of hydrogen-bond acceptors (Lipinski definition) is 5. The molecule has 2 amide bonds. The molecule has 2 atom stereocenters. The fourth-order valence-corrected chi connectivity index (χ4v) is 4.69. The molecule has 0 radical (unpaired) electrons. The molecule has 0 saturated carbocycles. The average molecular weight is 483 g/mol. The molecule has 188 valence electrons. The maximum Gasteiger partial charge on any atom is 0.408 e. The SMILES string of the molecule is CCC[C@@H](CC(=O)O)NC(=O)C(CC)(COC)NC(=O)OCC1c2ccccc2-c2ccccc21. The van der Waals surface area contributed by atoms with Gasteiger partial charge in [-0.2, -0.15) is 0 Å². The molecule has 3 N–H and O–H groups in total. The molecule has 0 saturated heterocycles. The first-order chi connectivity index (χ1) is 16.8. The Labute approximate surface area is 206 Å². The van der Waals surface area contributed by atoms with E-state index in [1.54, 1.807) is 6.92 Å². The molecule has 8 nitrogen and oxygen atoms in total. The van der Waals surface area contributed by atoms with Crippen molar-refractivity contribution >= 4 is 18.0 Å². The molecule has 2 aromatic carbocycles. The Balaban J connectivity index is 1.72. The van der Waals surface area contributed by atoms with E-state index in [2.05, 4.69) is 22.8 Å². The van der Waals surface area contributed by atoms with Gasteiger partial charge in [0.15, 0.2) is 0 Å². The summed E-state index contributed by atoms with van der Waals surface area (Å²) in [6.45, 7) is 3.71. The average Bonchev–Trinajstić information content (AvgIpc) is 3.16. The molecular formula is C27H34N2O6. The van der Waals surface area contributed by atoms with Crippen molar-refractivity contribution < 1.29 is 29.0 Å². The van der Waals surface area contributed by atoms with Gasteiger partial charge < -0.3 is 25.2 Å². The van der Waals surface area contributed by atoms with Crippen LogP contribution in [0, 0.1) is 0 Å². The van der Waals surface area contributed by atoms with Crippen molar-refractivity contribution in [3.63, 3.8) is 0 Å². The standard InChI is InChI=1S/C27H34N2O6/c1-4-10-18(15-24(30)31)28-25(32)27(5-2,17-34-3)29-26(33)35-16-23-21-13-8-6-11-19(21)20-12-7-9-14-22(20)23/h6-9,11-14,18,23H,4-5,10,15-17H2,1-3H3,(H,28,32)(H,29,33)(H,30,31)/t18-,27?/m0/s1. The summed E-state index contributed by atoms with van der Waals surface area (Å²) in [7, 11) is 1.44. The lowest BCUT2D eigenvalue weighted by molar-refractivity contribution is -0.138. The zero-order valence-corrected chi connectivity index (χ0v) is 20.5. The van der Waals surface area contributed by atoms with Gasteiger partial charge in [0.1, 0.15) is 12.1 Å². The number of methoxy groups -OCH3 is 1. The van der Waals surface area contributed by atoms with Gasteiger partial charge in [0.2, 0.25) is 5.91 Å². The summed E-state index contributed by atoms with van der Waals surface area (Å²) in [5.41, 5.74) is 3.04. The smallest absolute Gasteiger partial charge is 0.408 e. The molecule has 1 unspecified atom stereocenters. The molecular weight excluding hydrogens is 448 g/mol. The molecule has 0 fully saturated rings. The van der Waals surface area contributed by atoms with Gasteiger partial charge in [-0.05, 0) is 35.1 Å². The summed E-state index contributed by atoms with van der Waals surface area (Å²) < 4.78 is 10.9. The number of alkyl carbamates (subject to hydrolysis) is 1. The van der Waals surface area contributed by atoms with Crippen LogP contribution in [0.15, 0.2) is 48.5 Å². The van der Waals surface area contributed by atoms with Gasteiger partial charge in [-0.1, -0.05) is 68.8 Å². The molecule has 0 aromatic heterocycles. The minimum absolute atomic E-state index is 0.0779. The topological polar surface area (TPSA) is 114 Å². The molecule has 2 aromatic rings. The molecule has 0 bridgehead atoms. The second-order valence-corrected chi connectivity index (χ2v) is 8.88. The molecule has 3 rings (SSSR count). The number of carboxylic acids is 1. The van der Waals surface area contributed by atoms with Crippen LogP contribution >= 0.6 is 0 Å². The Bertz CT molecular complexity index is 1010. The van der Waals surface area contributed by atoms with Gasteiger partial charge in [0.05, 0.1) is 13.0 Å². The molecule has 1 aliphatic rings. The van der Waals surface area contributed by atoms with Crippen molar-refractivity contribution in [2.75, 3.05) is 20.3 Å². The van der Waals surface area contributed by atoms with E-state index in [1.807, 2.05) is 43.3 Å². The van der Waals surface area contributed by atoms with E-state index in [1.165, 1.54) is 7.11 Å². The summed E-state index contributed by atoms with van der Waals surface area (Å²) in [6, 6.07) is 15.5. The van der Waals surface area contributed by atoms with E-state index in [0.29, 0.717) is 12.8 Å². The van der Waals surface area contributed by atoms with E-state index in [9.17, 15) is 19.5 Å². The summed E-state index contributed by atoms with van der Waals surface area (Å²) in [5.74, 6) is -1.60. The summed E-state index contributed by atoms with van der Waals surface area (Å²) in [5, 5.41) is 14.7. The van der Waals surface area contributed by atoms with E-state index in [-0.39, 0.29) is 32.0 Å². The highest BCUT2D eigenvalue weighted by Gasteiger charge is 2.40. The number of fused-ring (bicyclic) bond motifs is 3. The number of nitrogens with one attached hydrogen (secondary N) is 2. The van der Waals surface area contributed by atoms with Crippen molar-refractivity contribution in [3.8, 4) is 11.1 Å². The summed E-state index contributed by atoms with van der Waals surface area (Å²) in [6.07, 6.45) is 0.531. The largest absolute Gasteiger partial charge is 0.481 e. The predicted molar refractivity (Wildman–Crippen MR) is 132 cm³/mol. The molecule has 0 spiro atoms. The van der Waals surface area contributed by atoms with Crippen LogP contribution in [-0.4, -0.2) is 55.0 Å². The molecule has 35 heavy (non-hydrogen) atoms. The number of hydrogen-bond donors (Lipinski definition) is 3. The fraction of sp³-hybridized carbons (Fsp3) is 0.444. The summed E-state index contributed by atoms with van der Waals surface area (Å²) >= 11 is 0. The van der Waals surface area contributed by atoms with Crippen molar-refractivity contribution in [3.05, 3.63) is 59.7 Å². The molecule has 1 aliphatic carbocycles. The van der Waals surface area contributed by atoms with Crippen LogP contribution in [0.25, 0.3) is 11.1 Å². The van der Waals surface area contributed by atoms with Crippen LogP contribution in [-0.2, 0) is 19.1 Å². The van der Waals surface area contributed by atoms with Crippen LogP contribution in [0.5, 0.6) is 0 Å². The first-order valence-electron chi connectivity index (χ1n) is 12.0. The fourth-order valence-electron chi connectivity index (χ4n) is 4.69. The van der Waals surface area contributed by atoms with Crippen molar-refractivity contribution in [2.24, 2.45) is 0 Å². The van der Waals surface area contributed by atoms with Crippen LogP contribution < -0.4 is 10.6 Å². The highest BCUT2D eigenvalue weighted by atomic mass is 16.5. The van der Waals surface area contributed by atoms with Gasteiger partial charge in [-0.15, -0.1) is 0 Å². The van der Waals surface area contributed by atoms with Crippen molar-refractivity contribution in [2.45, 2.75) is 57.0 Å². The monoisotopic (exact) mass is 482 g/mol. The van der Waals surface area contributed by atoms with E-state index >= 15 is 0 Å². The third-order valence-electron chi connectivity index (χ3n) is 6.51. The van der Waals surface area contributed by atoms with Gasteiger partial charge in [0, 0.05) is 19.1 Å². The Hall–Kier alpha value is -3.39. The number of carboxylic acid groups (broad SMARTS) is 1. The quantitative estimate of drug-likeness (QED) is 0.420. The number of benzene rings is 2. The van der Waals surface area contributed by atoms with Gasteiger partial charge in [-0.3, -0.25) is 9.59 Å². The first-order valence-corrected chi connectivity index (χ1v) is 12.0. The van der Waals surface area contributed by atoms with E-state index in [0.717, 1.165) is 22.3 Å². The lowest BCUT2D eigenvalue weighted by atomic mass is 9.94. The van der Waals surface area contributed by atoms with Gasteiger partial charge in [0.25, 0.3) is 0 Å². The minimum atomic E-state index is -1.39. The number of rotatable bonds is 12. The summed E-state index contributed by atoms with van der Waals surface area (Å²) in [4.78, 5) is 37.3. The molecule has 8 heteroatoms. The Kier molecular flexibility index (Phi) is 8.87. The Morgan fingerprint density at radius 1 is 1.03 bits per heavy atom.